The summed E-state index contributed by atoms with van der Waals surface area (Å²) in [6, 6.07) is 4.93. The van der Waals surface area contributed by atoms with Crippen molar-refractivity contribution in [1.29, 1.82) is 0 Å². The van der Waals surface area contributed by atoms with E-state index in [2.05, 4.69) is 5.32 Å². The third-order valence-electron chi connectivity index (χ3n) is 2.60. The number of piperazine rings is 1. The summed E-state index contributed by atoms with van der Waals surface area (Å²) in [5.41, 5.74) is 0.585. The molecule has 1 fully saturated rings. The number of rotatable bonds is 2. The van der Waals surface area contributed by atoms with E-state index in [0.717, 1.165) is 26.2 Å². The van der Waals surface area contributed by atoms with Gasteiger partial charge in [0.15, 0.2) is 0 Å². The molecule has 0 aromatic heterocycles. The van der Waals surface area contributed by atoms with Crippen molar-refractivity contribution in [2.45, 2.75) is 0 Å². The largest absolute Gasteiger partial charge is 0.494 e. The van der Waals surface area contributed by atoms with E-state index in [1.165, 1.54) is 6.07 Å². The molecule has 1 aromatic carbocycles. The minimum atomic E-state index is -0.212. The van der Waals surface area contributed by atoms with Gasteiger partial charge in [0.05, 0.1) is 7.11 Å². The van der Waals surface area contributed by atoms with Crippen LogP contribution < -0.4 is 15.0 Å². The van der Waals surface area contributed by atoms with E-state index in [9.17, 15) is 4.39 Å². The summed E-state index contributed by atoms with van der Waals surface area (Å²) in [5.74, 6) is 0.396. The predicted octanol–water partition coefficient (Wildman–Crippen LogP) is 1.24. The molecule has 3 nitrogen and oxygen atoms in total. The van der Waals surface area contributed by atoms with E-state index in [4.69, 9.17) is 4.74 Å². The fraction of sp³-hybridized carbons (Fsp3) is 0.455. The molecule has 1 saturated heterocycles. The Hall–Kier alpha value is -1.29. The van der Waals surface area contributed by atoms with Crippen LogP contribution in [0.25, 0.3) is 0 Å². The second kappa shape index (κ2) is 4.49. The summed E-state index contributed by atoms with van der Waals surface area (Å²) >= 11 is 0. The second-order valence-electron chi connectivity index (χ2n) is 3.53. The lowest BCUT2D eigenvalue weighted by atomic mass is 10.2. The first-order chi connectivity index (χ1) is 7.33. The molecule has 0 radical (unpaired) electrons. The quantitative estimate of drug-likeness (QED) is 0.795. The van der Waals surface area contributed by atoms with Crippen LogP contribution in [-0.2, 0) is 0 Å². The van der Waals surface area contributed by atoms with Crippen molar-refractivity contribution in [3.05, 3.63) is 24.0 Å². The Kier molecular flexibility index (Phi) is 3.06. The molecule has 1 heterocycles. The van der Waals surface area contributed by atoms with Gasteiger partial charge in [-0.05, 0) is 12.1 Å². The van der Waals surface area contributed by atoms with Crippen molar-refractivity contribution in [2.75, 3.05) is 38.2 Å². The van der Waals surface area contributed by atoms with E-state index < -0.39 is 0 Å². The van der Waals surface area contributed by atoms with E-state index in [0.29, 0.717) is 11.4 Å². The van der Waals surface area contributed by atoms with Crippen molar-refractivity contribution in [3.63, 3.8) is 0 Å². The van der Waals surface area contributed by atoms with Gasteiger partial charge in [0.2, 0.25) is 0 Å². The summed E-state index contributed by atoms with van der Waals surface area (Å²) < 4.78 is 18.9. The fourth-order valence-corrected chi connectivity index (χ4v) is 1.86. The molecule has 0 saturated carbocycles. The summed E-state index contributed by atoms with van der Waals surface area (Å²) in [4.78, 5) is 2.02. The molecular formula is C11H15FN2O. The molecule has 1 N–H and O–H groups in total. The molecule has 0 unspecified atom stereocenters. The Bertz CT molecular complexity index is 337. The minimum Gasteiger partial charge on any atom is -0.494 e. The smallest absolute Gasteiger partial charge is 0.150 e. The molecule has 2 rings (SSSR count). The van der Waals surface area contributed by atoms with Crippen LogP contribution in [0.15, 0.2) is 18.2 Å². The van der Waals surface area contributed by atoms with Crippen molar-refractivity contribution in [3.8, 4) is 5.75 Å². The Morgan fingerprint density at radius 2 is 2.07 bits per heavy atom. The summed E-state index contributed by atoms with van der Waals surface area (Å²) in [5, 5.41) is 3.24. The first kappa shape index (κ1) is 10.2. The molecule has 0 spiro atoms. The third-order valence-corrected chi connectivity index (χ3v) is 2.60. The van der Waals surface area contributed by atoms with E-state index in [1.54, 1.807) is 19.2 Å². The van der Waals surface area contributed by atoms with Crippen molar-refractivity contribution >= 4 is 5.69 Å². The van der Waals surface area contributed by atoms with E-state index in [1.807, 2.05) is 4.90 Å². The van der Waals surface area contributed by atoms with Gasteiger partial charge in [-0.15, -0.1) is 0 Å². The van der Waals surface area contributed by atoms with Crippen LogP contribution in [0, 0.1) is 5.82 Å². The molecule has 4 heteroatoms. The van der Waals surface area contributed by atoms with E-state index in [-0.39, 0.29) is 5.82 Å². The first-order valence-corrected chi connectivity index (χ1v) is 5.11. The number of methoxy groups -OCH3 is 1. The lowest BCUT2D eigenvalue weighted by Crippen LogP contribution is -2.44. The number of hydrogen-bond donors (Lipinski definition) is 1. The topological polar surface area (TPSA) is 24.5 Å². The van der Waals surface area contributed by atoms with Gasteiger partial charge >= 0.3 is 0 Å². The lowest BCUT2D eigenvalue weighted by Gasteiger charge is -2.30. The Morgan fingerprint density at radius 1 is 1.33 bits per heavy atom. The number of benzene rings is 1. The zero-order valence-electron chi connectivity index (χ0n) is 8.79. The average molecular weight is 210 g/mol. The zero-order chi connectivity index (χ0) is 10.7. The van der Waals surface area contributed by atoms with Gasteiger partial charge in [0.1, 0.15) is 17.3 Å². The van der Waals surface area contributed by atoms with Gasteiger partial charge in [-0.2, -0.15) is 0 Å². The molecule has 0 amide bonds. The van der Waals surface area contributed by atoms with Crippen molar-refractivity contribution in [1.82, 2.24) is 5.32 Å². The number of nitrogens with one attached hydrogen (secondary N) is 1. The highest BCUT2D eigenvalue weighted by molar-refractivity contribution is 5.59. The molecular weight excluding hydrogens is 195 g/mol. The number of anilines is 1. The second-order valence-corrected chi connectivity index (χ2v) is 3.53. The van der Waals surface area contributed by atoms with Gasteiger partial charge in [-0.1, -0.05) is 6.07 Å². The monoisotopic (exact) mass is 210 g/mol. The summed E-state index contributed by atoms with van der Waals surface area (Å²) in [7, 11) is 1.57. The molecule has 1 aliphatic heterocycles. The Balaban J connectivity index is 2.31. The number of halogens is 1. The Morgan fingerprint density at radius 3 is 2.73 bits per heavy atom. The van der Waals surface area contributed by atoms with Gasteiger partial charge in [-0.25, -0.2) is 4.39 Å². The van der Waals surface area contributed by atoms with Crippen LogP contribution in [0.3, 0.4) is 0 Å². The van der Waals surface area contributed by atoms with Crippen LogP contribution >= 0.6 is 0 Å². The third kappa shape index (κ3) is 2.04. The molecule has 0 aliphatic carbocycles. The molecule has 82 valence electrons. The number of nitrogens with zero attached hydrogens (tertiary/aromatic N) is 1. The summed E-state index contributed by atoms with van der Waals surface area (Å²) in [6.07, 6.45) is 0. The van der Waals surface area contributed by atoms with Crippen LogP contribution in [0.2, 0.25) is 0 Å². The molecule has 1 aliphatic rings. The zero-order valence-corrected chi connectivity index (χ0v) is 8.79. The Labute approximate surface area is 88.8 Å². The molecule has 0 bridgehead atoms. The van der Waals surface area contributed by atoms with Gasteiger partial charge in [0.25, 0.3) is 0 Å². The first-order valence-electron chi connectivity index (χ1n) is 5.11. The predicted molar refractivity (Wildman–Crippen MR) is 58.0 cm³/mol. The molecule has 15 heavy (non-hydrogen) atoms. The maximum atomic E-state index is 13.7. The van der Waals surface area contributed by atoms with Crippen molar-refractivity contribution in [2.24, 2.45) is 0 Å². The lowest BCUT2D eigenvalue weighted by molar-refractivity contribution is 0.409. The van der Waals surface area contributed by atoms with Crippen LogP contribution in [-0.4, -0.2) is 33.3 Å². The van der Waals surface area contributed by atoms with Crippen molar-refractivity contribution < 1.29 is 9.13 Å². The number of hydrogen-bond acceptors (Lipinski definition) is 3. The van der Waals surface area contributed by atoms with Gasteiger partial charge in [0, 0.05) is 26.2 Å². The molecule has 1 aromatic rings. The maximum Gasteiger partial charge on any atom is 0.150 e. The molecule has 0 atom stereocenters. The van der Waals surface area contributed by atoms with Crippen LogP contribution in [0.1, 0.15) is 0 Å². The van der Waals surface area contributed by atoms with Crippen LogP contribution in [0.5, 0.6) is 5.75 Å². The van der Waals surface area contributed by atoms with E-state index >= 15 is 0 Å². The number of ether oxygens (including phenoxy) is 1. The SMILES string of the molecule is COc1cccc(F)c1N1CCNCC1. The standard InChI is InChI=1S/C11H15FN2O/c1-15-10-4-2-3-9(12)11(10)14-7-5-13-6-8-14/h2-4,13H,5-8H2,1H3. The maximum absolute atomic E-state index is 13.7. The highest BCUT2D eigenvalue weighted by Crippen LogP contribution is 2.30. The average Bonchev–Trinajstić information content (AvgIpc) is 2.29. The summed E-state index contributed by atoms with van der Waals surface area (Å²) in [6.45, 7) is 3.41. The minimum absolute atomic E-state index is 0.212. The highest BCUT2D eigenvalue weighted by atomic mass is 19.1. The fourth-order valence-electron chi connectivity index (χ4n) is 1.86. The van der Waals surface area contributed by atoms with Crippen LogP contribution in [0.4, 0.5) is 10.1 Å². The number of para-hydroxylation sites is 1. The van der Waals surface area contributed by atoms with Gasteiger partial charge in [-0.3, -0.25) is 0 Å². The normalized spacial score (nSPS) is 16.5. The van der Waals surface area contributed by atoms with Gasteiger partial charge < -0.3 is 15.0 Å². The highest BCUT2D eigenvalue weighted by Gasteiger charge is 2.18.